The third-order valence-electron chi connectivity index (χ3n) is 5.34. The summed E-state index contributed by atoms with van der Waals surface area (Å²) in [6, 6.07) is 2.98. The van der Waals surface area contributed by atoms with Gasteiger partial charge < -0.3 is 4.90 Å². The van der Waals surface area contributed by atoms with E-state index in [4.69, 9.17) is 23.2 Å². The molecule has 1 saturated carbocycles. The van der Waals surface area contributed by atoms with Gasteiger partial charge in [-0.05, 0) is 37.5 Å². The molecular weight excluding hydrogens is 395 g/mol. The molecule has 0 bridgehead atoms. The molecular formula is C18H24Cl2N2O3S. The second-order valence-corrected chi connectivity index (χ2v) is 9.82. The van der Waals surface area contributed by atoms with Gasteiger partial charge in [-0.25, -0.2) is 8.42 Å². The third-order valence-corrected chi connectivity index (χ3v) is 8.11. The Labute approximate surface area is 165 Å². The van der Waals surface area contributed by atoms with Gasteiger partial charge in [0, 0.05) is 37.1 Å². The molecule has 1 aromatic carbocycles. The number of carbonyl (C=O) groups excluding carboxylic acids is 1. The fourth-order valence-electron chi connectivity index (χ4n) is 3.72. The van der Waals surface area contributed by atoms with Crippen molar-refractivity contribution in [3.8, 4) is 0 Å². The predicted octanol–water partition coefficient (Wildman–Crippen LogP) is 3.72. The van der Waals surface area contributed by atoms with Gasteiger partial charge in [0.2, 0.25) is 15.9 Å². The van der Waals surface area contributed by atoms with Crippen LogP contribution < -0.4 is 0 Å². The molecule has 0 spiro atoms. The molecule has 5 nitrogen and oxygen atoms in total. The van der Waals surface area contributed by atoms with Crippen LogP contribution in [0.4, 0.5) is 0 Å². The number of sulfonamides is 1. The lowest BCUT2D eigenvalue weighted by atomic mass is 9.88. The minimum Gasteiger partial charge on any atom is -0.340 e. The summed E-state index contributed by atoms with van der Waals surface area (Å²) < 4.78 is 27.3. The van der Waals surface area contributed by atoms with Gasteiger partial charge in [0.1, 0.15) is 4.90 Å². The topological polar surface area (TPSA) is 57.7 Å². The van der Waals surface area contributed by atoms with Gasteiger partial charge in [-0.2, -0.15) is 4.31 Å². The first-order chi connectivity index (χ1) is 12.3. The molecule has 0 aromatic heterocycles. The highest BCUT2D eigenvalue weighted by Crippen LogP contribution is 2.31. The Balaban J connectivity index is 1.69. The quantitative estimate of drug-likeness (QED) is 0.751. The molecule has 0 N–H and O–H groups in total. The number of rotatable bonds is 3. The van der Waals surface area contributed by atoms with Crippen LogP contribution in [0.25, 0.3) is 0 Å². The highest BCUT2D eigenvalue weighted by Gasteiger charge is 2.34. The molecule has 26 heavy (non-hydrogen) atoms. The highest BCUT2D eigenvalue weighted by atomic mass is 35.5. The molecule has 1 aliphatic heterocycles. The van der Waals surface area contributed by atoms with Crippen LogP contribution >= 0.6 is 23.2 Å². The predicted molar refractivity (Wildman–Crippen MR) is 103 cm³/mol. The van der Waals surface area contributed by atoms with Crippen molar-refractivity contribution in [3.63, 3.8) is 0 Å². The Hall–Kier alpha value is -0.820. The minimum absolute atomic E-state index is 0.0770. The number of aryl methyl sites for hydroxylation is 1. The fourth-order valence-corrected chi connectivity index (χ4v) is 5.95. The van der Waals surface area contributed by atoms with E-state index < -0.39 is 10.0 Å². The van der Waals surface area contributed by atoms with E-state index >= 15 is 0 Å². The molecule has 2 aliphatic rings. The van der Waals surface area contributed by atoms with Crippen LogP contribution in [-0.2, 0) is 14.8 Å². The van der Waals surface area contributed by atoms with Crippen LogP contribution in [0, 0.1) is 12.8 Å². The lowest BCUT2D eigenvalue weighted by Crippen LogP contribution is -2.52. The van der Waals surface area contributed by atoms with Gasteiger partial charge in [0.15, 0.2) is 0 Å². The molecule has 8 heteroatoms. The number of amides is 1. The summed E-state index contributed by atoms with van der Waals surface area (Å²) in [6.07, 6.45) is 5.34. The highest BCUT2D eigenvalue weighted by molar-refractivity contribution is 7.89. The van der Waals surface area contributed by atoms with Crippen molar-refractivity contribution in [2.45, 2.75) is 43.9 Å². The zero-order valence-electron chi connectivity index (χ0n) is 14.9. The number of hydrogen-bond acceptors (Lipinski definition) is 3. The van der Waals surface area contributed by atoms with E-state index in [1.807, 2.05) is 4.90 Å². The number of carbonyl (C=O) groups is 1. The normalized spacial score (nSPS) is 20.3. The molecule has 3 rings (SSSR count). The summed E-state index contributed by atoms with van der Waals surface area (Å²) in [5.41, 5.74) is 0.667. The van der Waals surface area contributed by atoms with E-state index in [1.54, 1.807) is 6.92 Å². The molecule has 144 valence electrons. The lowest BCUT2D eigenvalue weighted by molar-refractivity contribution is -0.137. The van der Waals surface area contributed by atoms with E-state index in [9.17, 15) is 13.2 Å². The van der Waals surface area contributed by atoms with Crippen LogP contribution in [0.2, 0.25) is 10.0 Å². The van der Waals surface area contributed by atoms with E-state index in [-0.39, 0.29) is 21.7 Å². The van der Waals surface area contributed by atoms with Gasteiger partial charge in [0.05, 0.1) is 5.02 Å². The Morgan fingerprint density at radius 2 is 1.62 bits per heavy atom. The third kappa shape index (κ3) is 4.03. The summed E-state index contributed by atoms with van der Waals surface area (Å²) in [7, 11) is -3.70. The number of nitrogens with zero attached hydrogens (tertiary/aromatic N) is 2. The van der Waals surface area contributed by atoms with E-state index in [0.717, 1.165) is 25.7 Å². The Kier molecular flexibility index (Phi) is 6.17. The van der Waals surface area contributed by atoms with Crippen LogP contribution in [0.5, 0.6) is 0 Å². The summed E-state index contributed by atoms with van der Waals surface area (Å²) in [5, 5.41) is 0.568. The Morgan fingerprint density at radius 3 is 2.23 bits per heavy atom. The molecule has 0 atom stereocenters. The summed E-state index contributed by atoms with van der Waals surface area (Å²) in [6.45, 7) is 3.19. The maximum atomic E-state index is 12.9. The standard InChI is InChI=1S/C18H24Cl2N2O3S/c1-13-11-17(16(20)12-15(13)19)26(24,25)22-9-7-21(8-10-22)18(23)14-5-3-2-4-6-14/h11-12,14H,2-10H2,1H3. The van der Waals surface area contributed by atoms with Crippen molar-refractivity contribution in [3.05, 3.63) is 27.7 Å². The SMILES string of the molecule is Cc1cc(S(=O)(=O)N2CCN(C(=O)C3CCCCC3)CC2)c(Cl)cc1Cl. The average Bonchev–Trinajstić information content (AvgIpc) is 2.65. The molecule has 1 aliphatic carbocycles. The Bertz CT molecular complexity index is 784. The van der Waals surface area contributed by atoms with Crippen molar-refractivity contribution >= 4 is 39.1 Å². The first-order valence-electron chi connectivity index (χ1n) is 9.05. The maximum absolute atomic E-state index is 12.9. The van der Waals surface area contributed by atoms with E-state index in [1.165, 1.54) is 22.9 Å². The van der Waals surface area contributed by atoms with Gasteiger partial charge in [-0.1, -0.05) is 42.5 Å². The Morgan fingerprint density at radius 1 is 1.00 bits per heavy atom. The molecule has 0 unspecified atom stereocenters. The summed E-state index contributed by atoms with van der Waals surface area (Å²) >= 11 is 12.1. The molecule has 2 fully saturated rings. The molecule has 1 aromatic rings. The van der Waals surface area contributed by atoms with Crippen LogP contribution in [0.1, 0.15) is 37.7 Å². The largest absolute Gasteiger partial charge is 0.340 e. The van der Waals surface area contributed by atoms with Crippen molar-refractivity contribution < 1.29 is 13.2 Å². The van der Waals surface area contributed by atoms with Gasteiger partial charge in [-0.3, -0.25) is 4.79 Å². The van der Waals surface area contributed by atoms with Crippen molar-refractivity contribution in [2.24, 2.45) is 5.92 Å². The zero-order chi connectivity index (χ0) is 18.9. The first kappa shape index (κ1) is 19.9. The fraction of sp³-hybridized carbons (Fsp3) is 0.611. The molecule has 1 saturated heterocycles. The summed E-state index contributed by atoms with van der Waals surface area (Å²) in [4.78, 5) is 14.5. The van der Waals surface area contributed by atoms with E-state index in [0.29, 0.717) is 36.8 Å². The van der Waals surface area contributed by atoms with Crippen LogP contribution in [0.3, 0.4) is 0 Å². The van der Waals surface area contributed by atoms with Crippen molar-refractivity contribution in [1.82, 2.24) is 9.21 Å². The minimum atomic E-state index is -3.70. The summed E-state index contributed by atoms with van der Waals surface area (Å²) in [5.74, 6) is 0.294. The molecule has 1 amide bonds. The monoisotopic (exact) mass is 418 g/mol. The lowest BCUT2D eigenvalue weighted by Gasteiger charge is -2.36. The second-order valence-electron chi connectivity index (χ2n) is 7.10. The van der Waals surface area contributed by atoms with E-state index in [2.05, 4.69) is 0 Å². The maximum Gasteiger partial charge on any atom is 0.244 e. The van der Waals surface area contributed by atoms with Gasteiger partial charge >= 0.3 is 0 Å². The van der Waals surface area contributed by atoms with Gasteiger partial charge in [-0.15, -0.1) is 0 Å². The average molecular weight is 419 g/mol. The first-order valence-corrected chi connectivity index (χ1v) is 11.2. The van der Waals surface area contributed by atoms with Crippen LogP contribution in [-0.4, -0.2) is 49.7 Å². The molecule has 0 radical (unpaired) electrons. The van der Waals surface area contributed by atoms with Crippen LogP contribution in [0.15, 0.2) is 17.0 Å². The number of hydrogen-bond donors (Lipinski definition) is 0. The smallest absolute Gasteiger partial charge is 0.244 e. The van der Waals surface area contributed by atoms with Gasteiger partial charge in [0.25, 0.3) is 0 Å². The second kappa shape index (κ2) is 8.05. The van der Waals surface area contributed by atoms with Crippen molar-refractivity contribution in [1.29, 1.82) is 0 Å². The number of halogens is 2. The number of benzene rings is 1. The zero-order valence-corrected chi connectivity index (χ0v) is 17.2. The molecule has 1 heterocycles. The number of piperazine rings is 1. The van der Waals surface area contributed by atoms with Crippen molar-refractivity contribution in [2.75, 3.05) is 26.2 Å².